The smallest absolute Gasteiger partial charge is 0.123 e. The summed E-state index contributed by atoms with van der Waals surface area (Å²) in [6.45, 7) is 3.76. The Kier molecular flexibility index (Phi) is 2.53. The number of pyridine rings is 1. The minimum absolute atomic E-state index is 0.628. The molecular weight excluding hydrogens is 172 g/mol. The third kappa shape index (κ3) is 1.79. The average molecular weight is 188 g/mol. The highest BCUT2D eigenvalue weighted by molar-refractivity contribution is 5.30. The molecule has 0 unspecified atom stereocenters. The molecule has 1 heterocycles. The molecule has 0 bridgehead atoms. The van der Waals surface area contributed by atoms with Crippen LogP contribution in [-0.4, -0.2) is 4.98 Å². The topological polar surface area (TPSA) is 38.9 Å². The van der Waals surface area contributed by atoms with Gasteiger partial charge in [0, 0.05) is 11.6 Å². The van der Waals surface area contributed by atoms with Crippen molar-refractivity contribution >= 4 is 5.82 Å². The summed E-state index contributed by atoms with van der Waals surface area (Å²) in [7, 11) is 0. The first kappa shape index (κ1) is 9.25. The van der Waals surface area contributed by atoms with E-state index in [0.717, 1.165) is 18.0 Å². The maximum absolute atomic E-state index is 5.64. The van der Waals surface area contributed by atoms with Crippen LogP contribution in [0.25, 0.3) is 0 Å². The second-order valence-corrected chi connectivity index (χ2v) is 4.05. The van der Waals surface area contributed by atoms with E-state index in [1.165, 1.54) is 12.8 Å². The number of hydrogen-bond donors (Lipinski definition) is 1. The molecule has 2 rings (SSSR count). The first-order chi connectivity index (χ1) is 6.79. The number of anilines is 1. The van der Waals surface area contributed by atoms with E-state index in [2.05, 4.69) is 17.6 Å². The summed E-state index contributed by atoms with van der Waals surface area (Å²) >= 11 is 0. The molecule has 2 nitrogen and oxygen atoms in total. The van der Waals surface area contributed by atoms with E-state index in [0.29, 0.717) is 11.7 Å². The largest absolute Gasteiger partial charge is 0.384 e. The monoisotopic (exact) mass is 188 g/mol. The van der Waals surface area contributed by atoms with E-state index in [4.69, 9.17) is 5.73 Å². The molecule has 1 aliphatic rings. The maximum atomic E-state index is 5.64. The highest BCUT2D eigenvalue weighted by atomic mass is 14.8. The van der Waals surface area contributed by atoms with E-state index < -0.39 is 0 Å². The molecule has 2 N–H and O–H groups in total. The zero-order valence-corrected chi connectivity index (χ0v) is 8.32. The normalized spacial score (nSPS) is 25.4. The van der Waals surface area contributed by atoms with Gasteiger partial charge >= 0.3 is 0 Å². The summed E-state index contributed by atoms with van der Waals surface area (Å²) in [6, 6.07) is 5.90. The Bertz CT molecular complexity index is 327. The van der Waals surface area contributed by atoms with Crippen molar-refractivity contribution in [3.8, 4) is 0 Å². The third-order valence-corrected chi connectivity index (χ3v) is 2.95. The van der Waals surface area contributed by atoms with Gasteiger partial charge in [0.15, 0.2) is 0 Å². The van der Waals surface area contributed by atoms with E-state index in [-0.39, 0.29) is 0 Å². The maximum Gasteiger partial charge on any atom is 0.123 e. The number of nitrogen functional groups attached to an aromatic ring is 1. The van der Waals surface area contributed by atoms with Crippen LogP contribution in [0, 0.1) is 5.92 Å². The van der Waals surface area contributed by atoms with Crippen LogP contribution in [0.5, 0.6) is 0 Å². The van der Waals surface area contributed by atoms with Crippen LogP contribution in [0.15, 0.2) is 30.9 Å². The van der Waals surface area contributed by atoms with Gasteiger partial charge in [-0.25, -0.2) is 4.98 Å². The van der Waals surface area contributed by atoms with E-state index in [9.17, 15) is 0 Å². The highest BCUT2D eigenvalue weighted by Crippen LogP contribution is 2.42. The summed E-state index contributed by atoms with van der Waals surface area (Å²) < 4.78 is 0. The van der Waals surface area contributed by atoms with Crippen molar-refractivity contribution < 1.29 is 0 Å². The quantitative estimate of drug-likeness (QED) is 0.741. The minimum atomic E-state index is 0.628. The molecule has 14 heavy (non-hydrogen) atoms. The van der Waals surface area contributed by atoms with Crippen LogP contribution in [-0.2, 0) is 0 Å². The minimum Gasteiger partial charge on any atom is -0.384 e. The van der Waals surface area contributed by atoms with Gasteiger partial charge in [-0.1, -0.05) is 12.1 Å². The van der Waals surface area contributed by atoms with Crippen LogP contribution in [0.4, 0.5) is 5.82 Å². The van der Waals surface area contributed by atoms with Crippen LogP contribution in [0.1, 0.15) is 30.9 Å². The molecule has 0 aliphatic heterocycles. The molecule has 0 radical (unpaired) electrons. The number of allylic oxidation sites excluding steroid dienone is 1. The molecule has 74 valence electrons. The van der Waals surface area contributed by atoms with Crippen LogP contribution >= 0.6 is 0 Å². The van der Waals surface area contributed by atoms with Gasteiger partial charge in [-0.05, 0) is 37.3 Å². The van der Waals surface area contributed by atoms with Crippen molar-refractivity contribution in [2.24, 2.45) is 5.92 Å². The molecule has 0 aromatic carbocycles. The Labute approximate surface area is 84.9 Å². The number of hydrogen-bond acceptors (Lipinski definition) is 2. The summed E-state index contributed by atoms with van der Waals surface area (Å²) in [5.74, 6) is 2.08. The summed E-state index contributed by atoms with van der Waals surface area (Å²) in [5, 5.41) is 0. The van der Waals surface area contributed by atoms with Gasteiger partial charge < -0.3 is 5.73 Å². The van der Waals surface area contributed by atoms with Crippen LogP contribution < -0.4 is 5.73 Å². The second kappa shape index (κ2) is 3.82. The average Bonchev–Trinajstić information content (AvgIpc) is 2.10. The predicted molar refractivity (Wildman–Crippen MR) is 58.9 cm³/mol. The fraction of sp³-hybridized carbons (Fsp3) is 0.417. The lowest BCUT2D eigenvalue weighted by Gasteiger charge is -2.34. The summed E-state index contributed by atoms with van der Waals surface area (Å²) in [4.78, 5) is 4.34. The van der Waals surface area contributed by atoms with Crippen molar-refractivity contribution in [3.05, 3.63) is 36.5 Å². The molecule has 0 spiro atoms. The number of rotatable bonds is 3. The molecular formula is C12H16N2. The van der Waals surface area contributed by atoms with Gasteiger partial charge in [0.25, 0.3) is 0 Å². The zero-order chi connectivity index (χ0) is 9.97. The first-order valence-electron chi connectivity index (χ1n) is 5.13. The van der Waals surface area contributed by atoms with Gasteiger partial charge in [0.1, 0.15) is 5.82 Å². The number of nitrogens with zero attached hydrogens (tertiary/aromatic N) is 1. The van der Waals surface area contributed by atoms with Gasteiger partial charge in [0.05, 0.1) is 0 Å². The van der Waals surface area contributed by atoms with E-state index in [1.807, 2.05) is 18.2 Å². The Balaban J connectivity index is 1.96. The fourth-order valence-electron chi connectivity index (χ4n) is 2.10. The van der Waals surface area contributed by atoms with Gasteiger partial charge in [-0.15, -0.1) is 6.58 Å². The Morgan fingerprint density at radius 1 is 1.50 bits per heavy atom. The van der Waals surface area contributed by atoms with E-state index >= 15 is 0 Å². The molecule has 0 amide bonds. The number of aromatic nitrogens is 1. The third-order valence-electron chi connectivity index (χ3n) is 2.95. The van der Waals surface area contributed by atoms with E-state index in [1.54, 1.807) is 0 Å². The lowest BCUT2D eigenvalue weighted by atomic mass is 9.71. The second-order valence-electron chi connectivity index (χ2n) is 4.05. The van der Waals surface area contributed by atoms with Crippen molar-refractivity contribution in [2.75, 3.05) is 5.73 Å². The summed E-state index contributed by atoms with van der Waals surface area (Å²) in [5.41, 5.74) is 6.80. The molecule has 1 aromatic rings. The lowest BCUT2D eigenvalue weighted by molar-refractivity contribution is 0.262. The Hall–Kier alpha value is -1.31. The standard InChI is InChI=1S/C12H16N2/c1-2-4-9-7-10(8-9)11-5-3-6-12(13)14-11/h2-3,5-6,9-10H,1,4,7-8H2,(H2,13,14). The van der Waals surface area contributed by atoms with Crippen molar-refractivity contribution in [3.63, 3.8) is 0 Å². The molecule has 0 saturated heterocycles. The predicted octanol–water partition coefficient (Wildman–Crippen LogP) is 2.73. The number of nitrogens with two attached hydrogens (primary N) is 1. The summed E-state index contributed by atoms with van der Waals surface area (Å²) in [6.07, 6.45) is 5.62. The van der Waals surface area contributed by atoms with Gasteiger partial charge in [-0.3, -0.25) is 0 Å². The van der Waals surface area contributed by atoms with Crippen LogP contribution in [0.3, 0.4) is 0 Å². The lowest BCUT2D eigenvalue weighted by Crippen LogP contribution is -2.22. The molecule has 1 saturated carbocycles. The Morgan fingerprint density at radius 2 is 2.29 bits per heavy atom. The van der Waals surface area contributed by atoms with Crippen molar-refractivity contribution in [1.82, 2.24) is 4.98 Å². The zero-order valence-electron chi connectivity index (χ0n) is 8.32. The van der Waals surface area contributed by atoms with Gasteiger partial charge in [-0.2, -0.15) is 0 Å². The first-order valence-corrected chi connectivity index (χ1v) is 5.13. The molecule has 1 aromatic heterocycles. The Morgan fingerprint density at radius 3 is 2.93 bits per heavy atom. The van der Waals surface area contributed by atoms with Gasteiger partial charge in [0.2, 0.25) is 0 Å². The highest BCUT2D eigenvalue weighted by Gasteiger charge is 2.29. The van der Waals surface area contributed by atoms with Crippen molar-refractivity contribution in [2.45, 2.75) is 25.2 Å². The molecule has 2 heteroatoms. The fourth-order valence-corrected chi connectivity index (χ4v) is 2.10. The van der Waals surface area contributed by atoms with Crippen molar-refractivity contribution in [1.29, 1.82) is 0 Å². The SMILES string of the molecule is C=CCC1CC(c2cccc(N)n2)C1. The molecule has 1 aliphatic carbocycles. The molecule has 0 atom stereocenters. The molecule has 1 fully saturated rings. The van der Waals surface area contributed by atoms with Crippen LogP contribution in [0.2, 0.25) is 0 Å².